The van der Waals surface area contributed by atoms with Crippen molar-refractivity contribution in [3.05, 3.63) is 28.8 Å². The molecular weight excluding hydrogens is 242 g/mol. The summed E-state index contributed by atoms with van der Waals surface area (Å²) in [5, 5.41) is 5.03. The number of hydrogen-bond acceptors (Lipinski definition) is 4. The molecule has 0 bridgehead atoms. The molecule has 0 fully saturated rings. The molecule has 0 unspecified atom stereocenters. The Hall–Kier alpha value is -0.820. The second-order valence-electron chi connectivity index (χ2n) is 2.71. The molecule has 0 saturated carbocycles. The zero-order valence-corrected chi connectivity index (χ0v) is 9.51. The lowest BCUT2D eigenvalue weighted by molar-refractivity contribution is 0.308. The number of hydrogen-bond donors (Lipinski definition) is 1. The second kappa shape index (κ2) is 4.80. The van der Waals surface area contributed by atoms with Crippen LogP contribution in [0.15, 0.2) is 18.2 Å². The maximum Gasteiger partial charge on any atom is 0.333 e. The van der Waals surface area contributed by atoms with Gasteiger partial charge in [0, 0.05) is 5.02 Å². The average Bonchev–Trinajstić information content (AvgIpc) is 2.14. The standard InChI is InChI=1S/C8H10ClNO4S/c1-13-7-3-2-6(8(9)4-7)5-14-15(10,11)12/h2-4H,5H2,1H3,(H2,10,11,12). The molecule has 1 aromatic carbocycles. The zero-order valence-electron chi connectivity index (χ0n) is 7.94. The van der Waals surface area contributed by atoms with E-state index in [0.29, 0.717) is 16.3 Å². The first-order chi connectivity index (χ1) is 6.92. The first-order valence-electron chi connectivity index (χ1n) is 3.92. The van der Waals surface area contributed by atoms with Crippen molar-refractivity contribution >= 4 is 21.9 Å². The number of rotatable bonds is 4. The fourth-order valence-electron chi connectivity index (χ4n) is 0.918. The number of nitrogens with two attached hydrogens (primary N) is 1. The Kier molecular flexibility index (Phi) is 3.92. The van der Waals surface area contributed by atoms with Crippen molar-refractivity contribution in [2.75, 3.05) is 7.11 Å². The average molecular weight is 252 g/mol. The summed E-state index contributed by atoms with van der Waals surface area (Å²) in [6, 6.07) is 4.81. The summed E-state index contributed by atoms with van der Waals surface area (Å²) in [6.45, 7) is -0.193. The lowest BCUT2D eigenvalue weighted by Gasteiger charge is -2.05. The highest BCUT2D eigenvalue weighted by molar-refractivity contribution is 7.84. The van der Waals surface area contributed by atoms with Crippen molar-refractivity contribution in [1.82, 2.24) is 0 Å². The van der Waals surface area contributed by atoms with Crippen LogP contribution < -0.4 is 9.88 Å². The van der Waals surface area contributed by atoms with E-state index in [4.69, 9.17) is 16.3 Å². The molecule has 1 aromatic rings. The van der Waals surface area contributed by atoms with Crippen LogP contribution in [0.4, 0.5) is 0 Å². The third-order valence-electron chi connectivity index (χ3n) is 1.64. The fourth-order valence-corrected chi connectivity index (χ4v) is 1.43. The molecular formula is C8H10ClNO4S. The molecule has 0 radical (unpaired) electrons. The minimum atomic E-state index is -3.94. The third-order valence-corrected chi connectivity index (χ3v) is 2.44. The monoisotopic (exact) mass is 251 g/mol. The Morgan fingerprint density at radius 2 is 2.13 bits per heavy atom. The molecule has 0 aliphatic heterocycles. The van der Waals surface area contributed by atoms with Gasteiger partial charge in [0.1, 0.15) is 5.75 Å². The number of methoxy groups -OCH3 is 1. The summed E-state index contributed by atoms with van der Waals surface area (Å²) < 4.78 is 30.4. The predicted molar refractivity (Wildman–Crippen MR) is 55.9 cm³/mol. The summed E-state index contributed by atoms with van der Waals surface area (Å²) in [7, 11) is -2.44. The molecule has 0 atom stereocenters. The van der Waals surface area contributed by atoms with E-state index in [2.05, 4.69) is 9.32 Å². The Morgan fingerprint density at radius 3 is 2.60 bits per heavy atom. The highest BCUT2D eigenvalue weighted by atomic mass is 35.5. The van der Waals surface area contributed by atoms with Crippen LogP contribution in [0.2, 0.25) is 5.02 Å². The van der Waals surface area contributed by atoms with Crippen LogP contribution >= 0.6 is 11.6 Å². The second-order valence-corrected chi connectivity index (χ2v) is 4.34. The van der Waals surface area contributed by atoms with E-state index in [-0.39, 0.29) is 6.61 Å². The Bertz CT molecular complexity index is 446. The van der Waals surface area contributed by atoms with Gasteiger partial charge in [-0.1, -0.05) is 17.7 Å². The van der Waals surface area contributed by atoms with Crippen molar-refractivity contribution in [3.63, 3.8) is 0 Å². The van der Waals surface area contributed by atoms with Crippen molar-refractivity contribution in [1.29, 1.82) is 0 Å². The number of halogens is 1. The highest BCUT2D eigenvalue weighted by Gasteiger charge is 2.07. The minimum absolute atomic E-state index is 0.193. The Labute approximate surface area is 93.0 Å². The van der Waals surface area contributed by atoms with Gasteiger partial charge in [-0.05, 0) is 17.7 Å². The molecule has 2 N–H and O–H groups in total. The van der Waals surface area contributed by atoms with Gasteiger partial charge in [0.15, 0.2) is 0 Å². The molecule has 0 aliphatic carbocycles. The van der Waals surface area contributed by atoms with Gasteiger partial charge in [0.05, 0.1) is 13.7 Å². The molecule has 0 aromatic heterocycles. The lowest BCUT2D eigenvalue weighted by Crippen LogP contribution is -2.15. The van der Waals surface area contributed by atoms with Crippen molar-refractivity contribution in [2.24, 2.45) is 5.14 Å². The molecule has 15 heavy (non-hydrogen) atoms. The van der Waals surface area contributed by atoms with Crippen molar-refractivity contribution in [2.45, 2.75) is 6.61 Å². The van der Waals surface area contributed by atoms with Crippen molar-refractivity contribution < 1.29 is 17.3 Å². The first kappa shape index (κ1) is 12.3. The normalized spacial score (nSPS) is 11.4. The molecule has 0 heterocycles. The smallest absolute Gasteiger partial charge is 0.333 e. The van der Waals surface area contributed by atoms with Crippen LogP contribution in [0.1, 0.15) is 5.56 Å². The van der Waals surface area contributed by atoms with Crippen LogP contribution in [0, 0.1) is 0 Å². The van der Waals surface area contributed by atoms with E-state index in [0.717, 1.165) is 0 Å². The van der Waals surface area contributed by atoms with E-state index in [9.17, 15) is 8.42 Å². The van der Waals surface area contributed by atoms with Crippen LogP contribution in [0.25, 0.3) is 0 Å². The summed E-state index contributed by atoms with van der Waals surface area (Å²) >= 11 is 5.84. The maximum atomic E-state index is 10.5. The van der Waals surface area contributed by atoms with Gasteiger partial charge >= 0.3 is 10.3 Å². The van der Waals surface area contributed by atoms with E-state index >= 15 is 0 Å². The Morgan fingerprint density at radius 1 is 1.47 bits per heavy atom. The van der Waals surface area contributed by atoms with E-state index in [1.165, 1.54) is 7.11 Å². The van der Waals surface area contributed by atoms with Gasteiger partial charge in [-0.25, -0.2) is 5.14 Å². The van der Waals surface area contributed by atoms with Gasteiger partial charge in [-0.2, -0.15) is 8.42 Å². The van der Waals surface area contributed by atoms with Crippen LogP contribution in [-0.4, -0.2) is 15.5 Å². The van der Waals surface area contributed by atoms with Crippen molar-refractivity contribution in [3.8, 4) is 5.75 Å². The van der Waals surface area contributed by atoms with Gasteiger partial charge in [-0.3, -0.25) is 4.18 Å². The first-order valence-corrected chi connectivity index (χ1v) is 5.77. The molecule has 0 amide bonds. The molecule has 0 spiro atoms. The highest BCUT2D eigenvalue weighted by Crippen LogP contribution is 2.23. The van der Waals surface area contributed by atoms with Crippen LogP contribution in [0.3, 0.4) is 0 Å². The summed E-state index contributed by atoms with van der Waals surface area (Å²) in [5.74, 6) is 0.583. The Balaban J connectivity index is 2.79. The molecule has 1 rings (SSSR count). The maximum absolute atomic E-state index is 10.5. The van der Waals surface area contributed by atoms with E-state index < -0.39 is 10.3 Å². The molecule has 7 heteroatoms. The summed E-state index contributed by atoms with van der Waals surface area (Å²) in [6.07, 6.45) is 0. The quantitative estimate of drug-likeness (QED) is 0.868. The van der Waals surface area contributed by atoms with Gasteiger partial charge in [0.25, 0.3) is 0 Å². The topological polar surface area (TPSA) is 78.6 Å². The third kappa shape index (κ3) is 4.05. The van der Waals surface area contributed by atoms with Crippen LogP contribution in [0.5, 0.6) is 5.75 Å². The lowest BCUT2D eigenvalue weighted by atomic mass is 10.2. The largest absolute Gasteiger partial charge is 0.497 e. The van der Waals surface area contributed by atoms with Gasteiger partial charge in [0.2, 0.25) is 0 Å². The zero-order chi connectivity index (χ0) is 11.5. The SMILES string of the molecule is COc1ccc(COS(N)(=O)=O)c(Cl)c1. The summed E-state index contributed by atoms with van der Waals surface area (Å²) in [5.41, 5.74) is 0.520. The van der Waals surface area contributed by atoms with Gasteiger partial charge in [-0.15, -0.1) is 0 Å². The molecule has 0 saturated heterocycles. The molecule has 5 nitrogen and oxygen atoms in total. The molecule has 84 valence electrons. The fraction of sp³-hybridized carbons (Fsp3) is 0.250. The predicted octanol–water partition coefficient (Wildman–Crippen LogP) is 1.07. The number of benzene rings is 1. The van der Waals surface area contributed by atoms with Gasteiger partial charge < -0.3 is 4.74 Å². The van der Waals surface area contributed by atoms with E-state index in [1.54, 1.807) is 18.2 Å². The van der Waals surface area contributed by atoms with E-state index in [1.807, 2.05) is 0 Å². The number of ether oxygens (including phenoxy) is 1. The minimum Gasteiger partial charge on any atom is -0.497 e. The molecule has 0 aliphatic rings. The summed E-state index contributed by atoms with van der Waals surface area (Å²) in [4.78, 5) is 0. The van der Waals surface area contributed by atoms with Crippen LogP contribution in [-0.2, 0) is 21.1 Å².